The van der Waals surface area contributed by atoms with Gasteiger partial charge in [0.15, 0.2) is 0 Å². The summed E-state index contributed by atoms with van der Waals surface area (Å²) >= 11 is 6.31. The third-order valence-electron chi connectivity index (χ3n) is 2.96. The minimum atomic E-state index is 0.235. The third-order valence-corrected chi connectivity index (χ3v) is 3.47. The van der Waals surface area contributed by atoms with Gasteiger partial charge in [0.05, 0.1) is 6.61 Å². The van der Waals surface area contributed by atoms with E-state index in [2.05, 4.69) is 19.2 Å². The fraction of sp³-hybridized carbons (Fsp3) is 1.00. The number of rotatable bonds is 12. The molecule has 1 atom stereocenters. The highest BCUT2D eigenvalue weighted by molar-refractivity contribution is 6.21. The quantitative estimate of drug-likeness (QED) is 0.435. The van der Waals surface area contributed by atoms with Gasteiger partial charge in [-0.3, -0.25) is 0 Å². The fourth-order valence-electron chi connectivity index (χ4n) is 1.76. The number of halogens is 1. The molecule has 0 heterocycles. The van der Waals surface area contributed by atoms with Crippen LogP contribution < -0.4 is 5.32 Å². The molecule has 104 valence electrons. The summed E-state index contributed by atoms with van der Waals surface area (Å²) in [6, 6.07) is 0. The molecule has 0 bridgehead atoms. The Morgan fingerprint density at radius 3 is 2.41 bits per heavy atom. The van der Waals surface area contributed by atoms with Gasteiger partial charge in [-0.15, -0.1) is 11.6 Å². The van der Waals surface area contributed by atoms with Gasteiger partial charge in [0.2, 0.25) is 0 Å². The van der Waals surface area contributed by atoms with E-state index in [1.54, 1.807) is 7.11 Å². The Morgan fingerprint density at radius 2 is 1.82 bits per heavy atom. The van der Waals surface area contributed by atoms with Gasteiger partial charge < -0.3 is 14.8 Å². The molecule has 17 heavy (non-hydrogen) atoms. The number of methoxy groups -OCH3 is 1. The molecule has 0 aliphatic carbocycles. The number of hydrogen-bond acceptors (Lipinski definition) is 3. The van der Waals surface area contributed by atoms with E-state index < -0.39 is 0 Å². The molecule has 0 amide bonds. The normalized spacial score (nSPS) is 13.2. The van der Waals surface area contributed by atoms with Gasteiger partial charge in [-0.25, -0.2) is 0 Å². The third kappa shape index (κ3) is 9.83. The first-order chi connectivity index (χ1) is 8.26. The van der Waals surface area contributed by atoms with Gasteiger partial charge in [-0.1, -0.05) is 26.7 Å². The van der Waals surface area contributed by atoms with Crippen LogP contribution >= 0.6 is 11.6 Å². The Morgan fingerprint density at radius 1 is 1.12 bits per heavy atom. The van der Waals surface area contributed by atoms with E-state index >= 15 is 0 Å². The summed E-state index contributed by atoms with van der Waals surface area (Å²) in [5.41, 5.74) is 0. The topological polar surface area (TPSA) is 30.5 Å². The van der Waals surface area contributed by atoms with Crippen molar-refractivity contribution in [1.82, 2.24) is 5.32 Å². The number of ether oxygens (including phenoxy) is 2. The Bertz CT molecular complexity index is 154. The first-order valence-corrected chi connectivity index (χ1v) is 7.11. The molecule has 0 aromatic heterocycles. The van der Waals surface area contributed by atoms with Gasteiger partial charge in [-0.05, 0) is 12.3 Å². The molecule has 0 radical (unpaired) electrons. The van der Waals surface area contributed by atoms with Crippen LogP contribution in [0.3, 0.4) is 0 Å². The van der Waals surface area contributed by atoms with E-state index in [0.29, 0.717) is 5.92 Å². The minimum absolute atomic E-state index is 0.235. The number of hydrogen-bond donors (Lipinski definition) is 1. The predicted octanol–water partition coefficient (Wildman–Crippen LogP) is 2.67. The molecule has 0 aliphatic rings. The molecule has 0 fully saturated rings. The molecule has 0 saturated carbocycles. The van der Waals surface area contributed by atoms with Crippen molar-refractivity contribution in [3.05, 3.63) is 0 Å². The van der Waals surface area contributed by atoms with Gasteiger partial charge >= 0.3 is 0 Å². The van der Waals surface area contributed by atoms with Crippen LogP contribution in [0.15, 0.2) is 0 Å². The van der Waals surface area contributed by atoms with Crippen molar-refractivity contribution < 1.29 is 9.47 Å². The summed E-state index contributed by atoms with van der Waals surface area (Å²) in [6.45, 7) is 8.42. The average molecular weight is 266 g/mol. The van der Waals surface area contributed by atoms with Crippen LogP contribution in [0.1, 0.15) is 33.1 Å². The van der Waals surface area contributed by atoms with E-state index in [1.165, 1.54) is 0 Å². The van der Waals surface area contributed by atoms with E-state index in [1.807, 2.05) is 0 Å². The van der Waals surface area contributed by atoms with Crippen LogP contribution in [-0.2, 0) is 9.47 Å². The highest BCUT2D eigenvalue weighted by Gasteiger charge is 2.14. The number of nitrogens with one attached hydrogen (secondary N) is 1. The van der Waals surface area contributed by atoms with Crippen LogP contribution in [-0.4, -0.2) is 45.4 Å². The van der Waals surface area contributed by atoms with Crippen molar-refractivity contribution in [3.8, 4) is 0 Å². The maximum Gasteiger partial charge on any atom is 0.0590 e. The summed E-state index contributed by atoms with van der Waals surface area (Å²) in [7, 11) is 1.71. The smallest absolute Gasteiger partial charge is 0.0590 e. The Kier molecular flexibility index (Phi) is 12.7. The molecule has 1 N–H and O–H groups in total. The van der Waals surface area contributed by atoms with E-state index in [9.17, 15) is 0 Å². The second-order valence-corrected chi connectivity index (χ2v) is 4.82. The lowest BCUT2D eigenvalue weighted by Gasteiger charge is -2.19. The average Bonchev–Trinajstić information content (AvgIpc) is 2.34. The van der Waals surface area contributed by atoms with Gasteiger partial charge in [0, 0.05) is 38.8 Å². The molecule has 0 aromatic carbocycles. The summed E-state index contributed by atoms with van der Waals surface area (Å²) < 4.78 is 10.4. The maximum atomic E-state index is 6.31. The van der Waals surface area contributed by atoms with Crippen LogP contribution in [0.4, 0.5) is 0 Å². The molecule has 0 rings (SSSR count). The molecular weight excluding hydrogens is 238 g/mol. The van der Waals surface area contributed by atoms with Gasteiger partial charge in [0.25, 0.3) is 0 Å². The van der Waals surface area contributed by atoms with Gasteiger partial charge in [0.1, 0.15) is 0 Å². The lowest BCUT2D eigenvalue weighted by molar-refractivity contribution is 0.104. The van der Waals surface area contributed by atoms with Crippen molar-refractivity contribution in [2.45, 2.75) is 38.5 Å². The Hall–Kier alpha value is 0.170. The lowest BCUT2D eigenvalue weighted by atomic mass is 9.99. The van der Waals surface area contributed by atoms with Crippen molar-refractivity contribution in [1.29, 1.82) is 0 Å². The molecule has 0 aromatic rings. The molecule has 0 aliphatic heterocycles. The molecule has 0 spiro atoms. The summed E-state index contributed by atoms with van der Waals surface area (Å²) in [6.07, 6.45) is 3.27. The molecule has 3 nitrogen and oxygen atoms in total. The van der Waals surface area contributed by atoms with Crippen LogP contribution in [0.2, 0.25) is 0 Å². The maximum absolute atomic E-state index is 6.31. The zero-order valence-corrected chi connectivity index (χ0v) is 12.3. The second-order valence-electron chi connectivity index (χ2n) is 4.26. The summed E-state index contributed by atoms with van der Waals surface area (Å²) in [5.74, 6) is 0.617. The Balaban J connectivity index is 3.27. The van der Waals surface area contributed by atoms with Crippen molar-refractivity contribution in [2.24, 2.45) is 5.92 Å². The zero-order valence-electron chi connectivity index (χ0n) is 11.5. The molecule has 1 unspecified atom stereocenters. The zero-order chi connectivity index (χ0) is 12.9. The highest BCUT2D eigenvalue weighted by atomic mass is 35.5. The lowest BCUT2D eigenvalue weighted by Crippen LogP contribution is -2.31. The largest absolute Gasteiger partial charge is 0.385 e. The summed E-state index contributed by atoms with van der Waals surface area (Å²) in [5, 5.41) is 3.57. The fourth-order valence-corrected chi connectivity index (χ4v) is 2.22. The van der Waals surface area contributed by atoms with E-state index in [4.69, 9.17) is 21.1 Å². The first-order valence-electron chi connectivity index (χ1n) is 6.67. The molecule has 4 heteroatoms. The van der Waals surface area contributed by atoms with Crippen molar-refractivity contribution in [3.63, 3.8) is 0 Å². The van der Waals surface area contributed by atoms with Crippen LogP contribution in [0, 0.1) is 5.92 Å². The monoisotopic (exact) mass is 265 g/mol. The van der Waals surface area contributed by atoms with Crippen LogP contribution in [0.25, 0.3) is 0 Å². The van der Waals surface area contributed by atoms with Crippen LogP contribution in [0.5, 0.6) is 0 Å². The van der Waals surface area contributed by atoms with E-state index in [0.717, 1.165) is 52.2 Å². The van der Waals surface area contributed by atoms with Crippen molar-refractivity contribution >= 4 is 11.6 Å². The number of alkyl halides is 1. The van der Waals surface area contributed by atoms with Crippen molar-refractivity contribution in [2.75, 3.05) is 40.0 Å². The minimum Gasteiger partial charge on any atom is -0.385 e. The second kappa shape index (κ2) is 12.6. The first kappa shape index (κ1) is 17.2. The highest BCUT2D eigenvalue weighted by Crippen LogP contribution is 2.17. The standard InChI is InChI=1S/C13H28ClNO2/c1-4-12(5-2)13(14)11-15-7-10-17-9-6-8-16-3/h12-13,15H,4-11H2,1-3H3. The Labute approximate surface area is 111 Å². The SMILES string of the molecule is CCC(CC)C(Cl)CNCCOCCCOC. The van der Waals surface area contributed by atoms with Gasteiger partial charge in [-0.2, -0.15) is 0 Å². The molecule has 0 saturated heterocycles. The molecular formula is C13H28ClNO2. The summed E-state index contributed by atoms with van der Waals surface area (Å²) in [4.78, 5) is 0. The predicted molar refractivity (Wildman–Crippen MR) is 73.9 cm³/mol. The van der Waals surface area contributed by atoms with E-state index in [-0.39, 0.29) is 5.38 Å².